The Morgan fingerprint density at radius 3 is 1.33 bits per heavy atom. The lowest BCUT2D eigenvalue weighted by Crippen LogP contribution is -2.33. The molecule has 0 heterocycles. The topological polar surface area (TPSA) is 99.3 Å². The fourth-order valence-corrected chi connectivity index (χ4v) is 5.01. The van der Waals surface area contributed by atoms with Gasteiger partial charge in [-0.2, -0.15) is 0 Å². The molecule has 0 aliphatic heterocycles. The van der Waals surface area contributed by atoms with Gasteiger partial charge in [0.25, 0.3) is 0 Å². The Hall–Kier alpha value is -1.02. The van der Waals surface area contributed by atoms with E-state index >= 15 is 0 Å². The molecule has 0 aromatic heterocycles. The lowest BCUT2D eigenvalue weighted by atomic mass is 9.90. The van der Waals surface area contributed by atoms with Gasteiger partial charge in [-0.25, -0.2) is 0 Å². The van der Waals surface area contributed by atoms with Crippen molar-refractivity contribution in [2.45, 2.75) is 96.3 Å². The van der Waals surface area contributed by atoms with E-state index in [1.807, 2.05) is 0 Å². The van der Waals surface area contributed by atoms with Gasteiger partial charge in [0.15, 0.2) is 0 Å². The maximum atomic E-state index is 8.46. The molecule has 6 nitrogen and oxygen atoms in total. The molecule has 6 heteroatoms. The summed E-state index contributed by atoms with van der Waals surface area (Å²) in [6, 6.07) is 0. The van der Waals surface area contributed by atoms with E-state index in [1.165, 1.54) is 77.0 Å². The zero-order valence-electron chi connectivity index (χ0n) is 20.8. The third-order valence-electron chi connectivity index (χ3n) is 7.06. The second kappa shape index (κ2) is 20.4. The van der Waals surface area contributed by atoms with Crippen molar-refractivity contribution in [2.75, 3.05) is 19.6 Å². The highest BCUT2D eigenvalue weighted by Crippen LogP contribution is 2.24. The fourth-order valence-electron chi connectivity index (χ4n) is 5.01. The minimum atomic E-state index is 0. The monoisotopic (exact) mass is 465 g/mol. The number of allylic oxidation sites excluding steroid dienone is 6. The number of hydrazine groups is 1. The van der Waals surface area contributed by atoms with Crippen LogP contribution in [-0.2, 0) is 0 Å². The first kappa shape index (κ1) is 30.0. The standard InChI is InChI=1S/C18H32N2.C9H17NO2.H2O/c1-3-9-17(10-4-1)13-7-15-19-20-16-8-14-18-11-5-2-6-12-18;11-10(12)8-4-7-9-5-2-1-3-6-9;/h1-3,5,17-20H,4,6-16H2;1-2,9,11-12H,3-8H2;1H2. The van der Waals surface area contributed by atoms with Crippen molar-refractivity contribution >= 4 is 0 Å². The first-order chi connectivity index (χ1) is 15.7. The molecule has 3 atom stereocenters. The van der Waals surface area contributed by atoms with Crippen LogP contribution in [0.25, 0.3) is 0 Å². The third-order valence-corrected chi connectivity index (χ3v) is 7.06. The van der Waals surface area contributed by atoms with Gasteiger partial charge in [-0.05, 0) is 114 Å². The van der Waals surface area contributed by atoms with Gasteiger partial charge in [0.05, 0.1) is 6.54 Å². The second-order valence-corrected chi connectivity index (χ2v) is 9.83. The maximum absolute atomic E-state index is 8.46. The number of nitrogens with zero attached hydrogens (tertiary/aromatic N) is 1. The summed E-state index contributed by atoms with van der Waals surface area (Å²) in [7, 11) is 0. The molecular weight excluding hydrogens is 414 g/mol. The van der Waals surface area contributed by atoms with E-state index in [0.717, 1.165) is 50.1 Å². The first-order valence-corrected chi connectivity index (χ1v) is 13.3. The summed E-state index contributed by atoms with van der Waals surface area (Å²) in [5.74, 6) is 2.65. The molecule has 0 aromatic carbocycles. The van der Waals surface area contributed by atoms with E-state index in [9.17, 15) is 0 Å². The predicted octanol–water partition coefficient (Wildman–Crippen LogP) is 5.73. The minimum absolute atomic E-state index is 0. The van der Waals surface area contributed by atoms with Crippen LogP contribution in [0.3, 0.4) is 0 Å². The Morgan fingerprint density at radius 1 is 0.606 bits per heavy atom. The van der Waals surface area contributed by atoms with Crippen molar-refractivity contribution in [3.05, 3.63) is 36.5 Å². The quantitative estimate of drug-likeness (QED) is 0.158. The number of hydrogen-bond donors (Lipinski definition) is 4. The molecule has 33 heavy (non-hydrogen) atoms. The molecule has 3 aliphatic rings. The average Bonchev–Trinajstić information content (AvgIpc) is 2.83. The Morgan fingerprint density at radius 2 is 1.00 bits per heavy atom. The largest absolute Gasteiger partial charge is 0.412 e. The van der Waals surface area contributed by atoms with Crippen molar-refractivity contribution in [1.29, 1.82) is 0 Å². The van der Waals surface area contributed by atoms with E-state index in [0.29, 0.717) is 6.54 Å². The van der Waals surface area contributed by atoms with Crippen LogP contribution in [0.5, 0.6) is 0 Å². The molecule has 0 bridgehead atoms. The fraction of sp³-hybridized carbons (Fsp3) is 0.778. The van der Waals surface area contributed by atoms with Crippen LogP contribution in [0.15, 0.2) is 36.5 Å². The van der Waals surface area contributed by atoms with Crippen molar-refractivity contribution in [3.63, 3.8) is 0 Å². The Bertz CT molecular complexity index is 507. The first-order valence-electron chi connectivity index (χ1n) is 13.3. The molecule has 192 valence electrons. The highest BCUT2D eigenvalue weighted by Gasteiger charge is 2.10. The summed E-state index contributed by atoms with van der Waals surface area (Å²) in [5, 5.41) is 17.2. The molecule has 0 spiro atoms. The number of hydroxylamine groups is 2. The van der Waals surface area contributed by atoms with Crippen molar-refractivity contribution in [3.8, 4) is 0 Å². The van der Waals surface area contributed by atoms with Crippen LogP contribution < -0.4 is 10.9 Å². The van der Waals surface area contributed by atoms with Crippen LogP contribution in [0, 0.1) is 17.8 Å². The summed E-state index contributed by atoms with van der Waals surface area (Å²) in [6.45, 7) is 2.60. The van der Waals surface area contributed by atoms with Crippen molar-refractivity contribution in [2.24, 2.45) is 17.8 Å². The zero-order chi connectivity index (χ0) is 22.7. The molecular formula is C27H51N3O3. The van der Waals surface area contributed by atoms with Gasteiger partial charge in [-0.3, -0.25) is 21.3 Å². The highest BCUT2D eigenvalue weighted by molar-refractivity contribution is 4.91. The Balaban J connectivity index is 0.000000361. The maximum Gasteiger partial charge on any atom is 0.0513 e. The van der Waals surface area contributed by atoms with Gasteiger partial charge in [0.2, 0.25) is 0 Å². The normalized spacial score (nSPS) is 24.3. The number of rotatable bonds is 13. The minimum Gasteiger partial charge on any atom is -0.412 e. The molecule has 0 radical (unpaired) electrons. The average molecular weight is 466 g/mol. The molecule has 0 saturated carbocycles. The van der Waals surface area contributed by atoms with Gasteiger partial charge in [-0.1, -0.05) is 41.7 Å². The van der Waals surface area contributed by atoms with Gasteiger partial charge in [0, 0.05) is 13.1 Å². The second-order valence-electron chi connectivity index (χ2n) is 9.83. The smallest absolute Gasteiger partial charge is 0.0513 e. The van der Waals surface area contributed by atoms with E-state index in [2.05, 4.69) is 47.3 Å². The van der Waals surface area contributed by atoms with E-state index < -0.39 is 0 Å². The number of hydrogen-bond acceptors (Lipinski definition) is 5. The van der Waals surface area contributed by atoms with Crippen molar-refractivity contribution in [1.82, 2.24) is 16.1 Å². The Kier molecular flexibility index (Phi) is 18.5. The summed E-state index contributed by atoms with van der Waals surface area (Å²) in [6.07, 6.45) is 32.8. The summed E-state index contributed by atoms with van der Waals surface area (Å²) >= 11 is 0. The zero-order valence-corrected chi connectivity index (χ0v) is 20.8. The lowest BCUT2D eigenvalue weighted by Gasteiger charge is -2.18. The Labute approximate surface area is 202 Å². The van der Waals surface area contributed by atoms with Gasteiger partial charge in [0.1, 0.15) is 0 Å². The van der Waals surface area contributed by atoms with E-state index in [1.54, 1.807) is 0 Å². The summed E-state index contributed by atoms with van der Waals surface area (Å²) < 4.78 is 0. The van der Waals surface area contributed by atoms with Crippen LogP contribution in [-0.4, -0.2) is 40.8 Å². The summed E-state index contributed by atoms with van der Waals surface area (Å²) in [4.78, 5) is 0. The predicted molar refractivity (Wildman–Crippen MR) is 137 cm³/mol. The molecule has 3 rings (SSSR count). The molecule has 0 amide bonds. The lowest BCUT2D eigenvalue weighted by molar-refractivity contribution is -0.307. The van der Waals surface area contributed by atoms with E-state index in [4.69, 9.17) is 10.4 Å². The van der Waals surface area contributed by atoms with Gasteiger partial charge < -0.3 is 5.48 Å². The highest BCUT2D eigenvalue weighted by atomic mass is 16.8. The van der Waals surface area contributed by atoms with Crippen molar-refractivity contribution < 1.29 is 15.9 Å². The summed E-state index contributed by atoms with van der Waals surface area (Å²) in [5.41, 5.74) is 6.76. The van der Waals surface area contributed by atoms with Crippen LogP contribution in [0.1, 0.15) is 96.3 Å². The van der Waals surface area contributed by atoms with Crippen LogP contribution in [0.2, 0.25) is 0 Å². The molecule has 3 aliphatic carbocycles. The van der Waals surface area contributed by atoms with Gasteiger partial charge in [-0.15, -0.1) is 0 Å². The molecule has 3 unspecified atom stereocenters. The van der Waals surface area contributed by atoms with Crippen LogP contribution >= 0.6 is 0 Å². The number of nitrogens with one attached hydrogen (secondary N) is 2. The third kappa shape index (κ3) is 16.3. The van der Waals surface area contributed by atoms with Gasteiger partial charge >= 0.3 is 0 Å². The molecule has 6 N–H and O–H groups in total. The van der Waals surface area contributed by atoms with E-state index in [-0.39, 0.29) is 10.7 Å². The molecule has 0 aromatic rings. The van der Waals surface area contributed by atoms with Crippen LogP contribution in [0.4, 0.5) is 0 Å². The molecule has 0 fully saturated rings. The molecule has 0 saturated heterocycles. The SMILES string of the molecule is C1=CCC(CCCNNCCCC2CC=CCC2)CC1.O.ON(O)CCCC1CC=CCC1.